The van der Waals surface area contributed by atoms with Crippen LogP contribution in [0.15, 0.2) is 48.5 Å². The van der Waals surface area contributed by atoms with E-state index in [4.69, 9.17) is 5.11 Å². The molecule has 0 heterocycles. The summed E-state index contributed by atoms with van der Waals surface area (Å²) in [6, 6.07) is 14.3. The summed E-state index contributed by atoms with van der Waals surface area (Å²) in [5, 5.41) is 19.2. The van der Waals surface area contributed by atoms with Crippen molar-refractivity contribution >= 4 is 12.0 Å². The van der Waals surface area contributed by atoms with E-state index in [9.17, 15) is 9.90 Å². The highest BCUT2D eigenvalue weighted by molar-refractivity contribution is 5.85. The first-order valence-electron chi connectivity index (χ1n) is 9.91. The van der Waals surface area contributed by atoms with Crippen LogP contribution in [0.4, 0.5) is 0 Å². The molecule has 2 aromatic rings. The normalized spacial score (nSPS) is 18.6. The van der Waals surface area contributed by atoms with Gasteiger partial charge in [0.2, 0.25) is 0 Å². The van der Waals surface area contributed by atoms with Crippen molar-refractivity contribution in [2.45, 2.75) is 57.3 Å². The molecular formula is C25H30O3. The minimum absolute atomic E-state index is 0.0272. The average molecular weight is 379 g/mol. The molecule has 0 saturated heterocycles. The van der Waals surface area contributed by atoms with Gasteiger partial charge in [-0.1, -0.05) is 70.2 Å². The van der Waals surface area contributed by atoms with Gasteiger partial charge < -0.3 is 10.2 Å². The van der Waals surface area contributed by atoms with E-state index < -0.39 is 5.97 Å². The number of hydrogen-bond donors (Lipinski definition) is 2. The van der Waals surface area contributed by atoms with Crippen LogP contribution in [0.1, 0.15) is 74.3 Å². The number of carboxylic acids is 1. The molecule has 0 saturated carbocycles. The Morgan fingerprint density at radius 3 is 2.32 bits per heavy atom. The average Bonchev–Trinajstić information content (AvgIpc) is 2.65. The van der Waals surface area contributed by atoms with Crippen LogP contribution in [0.2, 0.25) is 0 Å². The highest BCUT2D eigenvalue weighted by Gasteiger charge is 2.37. The molecule has 0 radical (unpaired) electrons. The molecule has 0 aromatic heterocycles. The zero-order chi connectivity index (χ0) is 20.5. The molecule has 0 spiro atoms. The first kappa shape index (κ1) is 20.3. The fourth-order valence-electron chi connectivity index (χ4n) is 4.35. The van der Waals surface area contributed by atoms with E-state index in [0.29, 0.717) is 0 Å². The fraction of sp³-hybridized carbons (Fsp3) is 0.400. The third kappa shape index (κ3) is 3.90. The van der Waals surface area contributed by atoms with Crippen molar-refractivity contribution in [2.24, 2.45) is 0 Å². The van der Waals surface area contributed by atoms with Crippen LogP contribution in [0.5, 0.6) is 0 Å². The molecule has 0 amide bonds. The topological polar surface area (TPSA) is 57.5 Å². The van der Waals surface area contributed by atoms with Crippen LogP contribution in [0.25, 0.3) is 6.08 Å². The second-order valence-corrected chi connectivity index (χ2v) is 9.11. The van der Waals surface area contributed by atoms with Gasteiger partial charge in [-0.3, -0.25) is 0 Å². The Labute approximate surface area is 167 Å². The lowest BCUT2D eigenvalue weighted by atomic mass is 9.62. The number of rotatable bonds is 5. The van der Waals surface area contributed by atoms with Gasteiger partial charge in [0.1, 0.15) is 0 Å². The highest BCUT2D eigenvalue weighted by Crippen LogP contribution is 2.46. The smallest absolute Gasteiger partial charge is 0.328 e. The van der Waals surface area contributed by atoms with Crippen LogP contribution in [0.3, 0.4) is 0 Å². The van der Waals surface area contributed by atoms with Gasteiger partial charge in [0.15, 0.2) is 0 Å². The molecule has 148 valence electrons. The SMILES string of the molecule is CC1(C)CCC(C)(C)c2cc(C(CO)c3ccccc3/C=C/C(=O)O)ccc21. The summed E-state index contributed by atoms with van der Waals surface area (Å²) in [6.07, 6.45) is 5.05. The Kier molecular flexibility index (Phi) is 5.49. The summed E-state index contributed by atoms with van der Waals surface area (Å²) in [5.74, 6) is -1.17. The number of benzene rings is 2. The van der Waals surface area contributed by atoms with E-state index >= 15 is 0 Å². The molecule has 0 bridgehead atoms. The van der Waals surface area contributed by atoms with Crippen molar-refractivity contribution < 1.29 is 15.0 Å². The molecule has 1 aliphatic rings. The quantitative estimate of drug-likeness (QED) is 0.698. The molecular weight excluding hydrogens is 348 g/mol. The lowest BCUT2D eigenvalue weighted by Crippen LogP contribution is -2.34. The van der Waals surface area contributed by atoms with Crippen LogP contribution in [-0.2, 0) is 15.6 Å². The fourth-order valence-corrected chi connectivity index (χ4v) is 4.35. The van der Waals surface area contributed by atoms with E-state index in [-0.39, 0.29) is 23.4 Å². The molecule has 3 rings (SSSR count). The monoisotopic (exact) mass is 378 g/mol. The summed E-state index contributed by atoms with van der Waals surface area (Å²) in [6.45, 7) is 9.16. The molecule has 28 heavy (non-hydrogen) atoms. The molecule has 2 aromatic carbocycles. The zero-order valence-electron chi connectivity index (χ0n) is 17.2. The van der Waals surface area contributed by atoms with Crippen LogP contribution < -0.4 is 0 Å². The van der Waals surface area contributed by atoms with E-state index in [1.165, 1.54) is 17.5 Å². The summed E-state index contributed by atoms with van der Waals surface area (Å²) in [7, 11) is 0. The van der Waals surface area contributed by atoms with Crippen molar-refractivity contribution in [3.05, 3.63) is 76.4 Å². The number of hydrogen-bond acceptors (Lipinski definition) is 2. The predicted molar refractivity (Wildman–Crippen MR) is 114 cm³/mol. The number of carbonyl (C=O) groups is 1. The number of fused-ring (bicyclic) bond motifs is 1. The minimum atomic E-state index is -0.979. The van der Waals surface area contributed by atoms with E-state index in [1.54, 1.807) is 6.08 Å². The molecule has 2 N–H and O–H groups in total. The van der Waals surface area contributed by atoms with Crippen molar-refractivity contribution in [1.82, 2.24) is 0 Å². The van der Waals surface area contributed by atoms with Crippen molar-refractivity contribution in [2.75, 3.05) is 6.61 Å². The van der Waals surface area contributed by atoms with Gasteiger partial charge in [-0.25, -0.2) is 4.79 Å². The molecule has 0 aliphatic heterocycles. The lowest BCUT2D eigenvalue weighted by molar-refractivity contribution is -0.131. The van der Waals surface area contributed by atoms with Crippen molar-refractivity contribution in [3.8, 4) is 0 Å². The van der Waals surface area contributed by atoms with Crippen LogP contribution in [-0.4, -0.2) is 22.8 Å². The second kappa shape index (κ2) is 7.56. The van der Waals surface area contributed by atoms with Crippen molar-refractivity contribution in [1.29, 1.82) is 0 Å². The van der Waals surface area contributed by atoms with Gasteiger partial charge in [-0.2, -0.15) is 0 Å². The van der Waals surface area contributed by atoms with Gasteiger partial charge in [0.25, 0.3) is 0 Å². The lowest BCUT2D eigenvalue weighted by Gasteiger charge is -2.42. The maximum Gasteiger partial charge on any atom is 0.328 e. The minimum Gasteiger partial charge on any atom is -0.478 e. The largest absolute Gasteiger partial charge is 0.478 e. The number of carboxylic acid groups (broad SMARTS) is 1. The Hall–Kier alpha value is -2.39. The summed E-state index contributed by atoms with van der Waals surface area (Å²) >= 11 is 0. The molecule has 1 aliphatic carbocycles. The number of aliphatic hydroxyl groups excluding tert-OH is 1. The Bertz CT molecular complexity index is 906. The predicted octanol–water partition coefficient (Wildman–Crippen LogP) is 5.26. The number of aliphatic carboxylic acids is 1. The van der Waals surface area contributed by atoms with Crippen LogP contribution >= 0.6 is 0 Å². The van der Waals surface area contributed by atoms with Gasteiger partial charge in [0.05, 0.1) is 6.61 Å². The Morgan fingerprint density at radius 2 is 1.68 bits per heavy atom. The molecule has 3 heteroatoms. The highest BCUT2D eigenvalue weighted by atomic mass is 16.4. The Morgan fingerprint density at radius 1 is 1.04 bits per heavy atom. The molecule has 1 atom stereocenters. The molecule has 1 unspecified atom stereocenters. The van der Waals surface area contributed by atoms with Crippen molar-refractivity contribution in [3.63, 3.8) is 0 Å². The van der Waals surface area contributed by atoms with Gasteiger partial charge in [0, 0.05) is 12.0 Å². The van der Waals surface area contributed by atoms with Gasteiger partial charge in [-0.15, -0.1) is 0 Å². The van der Waals surface area contributed by atoms with E-state index in [1.807, 2.05) is 24.3 Å². The molecule has 3 nitrogen and oxygen atoms in total. The second-order valence-electron chi connectivity index (χ2n) is 9.11. The third-order valence-electron chi connectivity index (χ3n) is 6.24. The molecule has 0 fully saturated rings. The van der Waals surface area contributed by atoms with Gasteiger partial charge in [-0.05, 0) is 57.6 Å². The first-order valence-corrected chi connectivity index (χ1v) is 9.91. The van der Waals surface area contributed by atoms with E-state index in [0.717, 1.165) is 29.2 Å². The zero-order valence-corrected chi connectivity index (χ0v) is 17.2. The summed E-state index contributed by atoms with van der Waals surface area (Å²) in [5.41, 5.74) is 5.84. The Balaban J connectivity index is 2.10. The first-order chi connectivity index (χ1) is 13.2. The summed E-state index contributed by atoms with van der Waals surface area (Å²) < 4.78 is 0. The summed E-state index contributed by atoms with van der Waals surface area (Å²) in [4.78, 5) is 11.0. The van der Waals surface area contributed by atoms with Crippen LogP contribution in [0, 0.1) is 0 Å². The maximum atomic E-state index is 11.0. The van der Waals surface area contributed by atoms with Gasteiger partial charge >= 0.3 is 5.97 Å². The maximum absolute atomic E-state index is 11.0. The third-order valence-corrected chi connectivity index (χ3v) is 6.24. The van der Waals surface area contributed by atoms with E-state index in [2.05, 4.69) is 45.9 Å². The number of aliphatic hydroxyl groups is 1. The standard InChI is InChI=1S/C25H30O3/c1-24(2)13-14-25(3,4)22-15-18(9-11-21(22)24)20(16-26)19-8-6-5-7-17(19)10-12-23(27)28/h5-12,15,20,26H,13-14,16H2,1-4H3,(H,27,28)/b12-10+.